The third kappa shape index (κ3) is 6.24. The topological polar surface area (TPSA) is 33.3 Å². The average Bonchev–Trinajstić information content (AvgIpc) is 2.34. The second-order valence-electron chi connectivity index (χ2n) is 4.50. The number of hydrogen-bond donors (Lipinski definition) is 2. The fourth-order valence-electron chi connectivity index (χ4n) is 1.61. The van der Waals surface area contributed by atoms with Gasteiger partial charge in [0, 0.05) is 24.2 Å². The molecule has 2 unspecified atom stereocenters. The molecule has 2 N–H and O–H groups in total. The second kappa shape index (κ2) is 8.35. The Bertz CT molecular complexity index is 346. The lowest BCUT2D eigenvalue weighted by Gasteiger charge is -2.19. The summed E-state index contributed by atoms with van der Waals surface area (Å²) in [6.07, 6.45) is 0.118. The van der Waals surface area contributed by atoms with E-state index in [2.05, 4.69) is 24.5 Å². The van der Waals surface area contributed by atoms with Gasteiger partial charge >= 0.3 is 0 Å². The zero-order chi connectivity index (χ0) is 13.4. The molecule has 18 heavy (non-hydrogen) atoms. The first-order chi connectivity index (χ1) is 8.61. The Balaban J connectivity index is 2.27. The SMILES string of the molecule is CCNCC(C)NCC(C)Oc1cccc(Cl)c1. The number of benzene rings is 1. The maximum atomic E-state index is 5.91. The van der Waals surface area contributed by atoms with Crippen molar-refractivity contribution in [3.63, 3.8) is 0 Å². The molecule has 0 radical (unpaired) electrons. The molecule has 102 valence electrons. The number of hydrogen-bond acceptors (Lipinski definition) is 3. The minimum absolute atomic E-state index is 0.118. The number of ether oxygens (including phenoxy) is 1. The van der Waals surface area contributed by atoms with Gasteiger partial charge in [-0.15, -0.1) is 0 Å². The Labute approximate surface area is 115 Å². The van der Waals surface area contributed by atoms with E-state index in [-0.39, 0.29) is 6.10 Å². The molecule has 4 heteroatoms. The zero-order valence-electron chi connectivity index (χ0n) is 11.4. The van der Waals surface area contributed by atoms with E-state index in [4.69, 9.17) is 16.3 Å². The molecule has 0 saturated carbocycles. The van der Waals surface area contributed by atoms with Gasteiger partial charge in [0.25, 0.3) is 0 Å². The summed E-state index contributed by atoms with van der Waals surface area (Å²) in [5.74, 6) is 0.816. The van der Waals surface area contributed by atoms with Gasteiger partial charge in [-0.1, -0.05) is 24.6 Å². The zero-order valence-corrected chi connectivity index (χ0v) is 12.1. The van der Waals surface area contributed by atoms with Crippen LogP contribution in [0.1, 0.15) is 20.8 Å². The van der Waals surface area contributed by atoms with E-state index in [0.29, 0.717) is 11.1 Å². The normalized spacial score (nSPS) is 14.2. The standard InChI is InChI=1S/C14H23ClN2O/c1-4-16-9-11(2)17-10-12(3)18-14-7-5-6-13(15)8-14/h5-8,11-12,16-17H,4,9-10H2,1-3H3. The predicted octanol–water partition coefficient (Wildman–Crippen LogP) is 2.69. The third-order valence-corrected chi connectivity index (χ3v) is 2.82. The monoisotopic (exact) mass is 270 g/mol. The lowest BCUT2D eigenvalue weighted by molar-refractivity contribution is 0.212. The van der Waals surface area contributed by atoms with E-state index in [1.807, 2.05) is 31.2 Å². The van der Waals surface area contributed by atoms with Crippen LogP contribution in [-0.4, -0.2) is 31.8 Å². The van der Waals surface area contributed by atoms with Crippen molar-refractivity contribution in [3.05, 3.63) is 29.3 Å². The van der Waals surface area contributed by atoms with E-state index >= 15 is 0 Å². The molecule has 1 rings (SSSR count). The van der Waals surface area contributed by atoms with E-state index in [9.17, 15) is 0 Å². The van der Waals surface area contributed by atoms with Crippen molar-refractivity contribution in [1.82, 2.24) is 10.6 Å². The first-order valence-electron chi connectivity index (χ1n) is 6.48. The summed E-state index contributed by atoms with van der Waals surface area (Å²) in [4.78, 5) is 0. The Hall–Kier alpha value is -0.770. The number of rotatable bonds is 8. The van der Waals surface area contributed by atoms with Crippen molar-refractivity contribution in [1.29, 1.82) is 0 Å². The minimum atomic E-state index is 0.118. The van der Waals surface area contributed by atoms with Crippen LogP contribution in [0.4, 0.5) is 0 Å². The fraction of sp³-hybridized carbons (Fsp3) is 0.571. The lowest BCUT2D eigenvalue weighted by Crippen LogP contribution is -2.40. The van der Waals surface area contributed by atoms with Crippen molar-refractivity contribution in [2.45, 2.75) is 32.9 Å². The number of halogens is 1. The Morgan fingerprint density at radius 3 is 2.72 bits per heavy atom. The van der Waals surface area contributed by atoms with Crippen molar-refractivity contribution in [3.8, 4) is 5.75 Å². The summed E-state index contributed by atoms with van der Waals surface area (Å²) in [7, 11) is 0. The molecule has 0 saturated heterocycles. The summed E-state index contributed by atoms with van der Waals surface area (Å²) in [5, 5.41) is 7.44. The predicted molar refractivity (Wildman–Crippen MR) is 77.6 cm³/mol. The molecule has 0 aliphatic carbocycles. The molecule has 0 aliphatic rings. The highest BCUT2D eigenvalue weighted by Crippen LogP contribution is 2.18. The van der Waals surface area contributed by atoms with E-state index in [1.165, 1.54) is 0 Å². The summed E-state index contributed by atoms with van der Waals surface area (Å²) in [5.41, 5.74) is 0. The smallest absolute Gasteiger partial charge is 0.121 e. The molecule has 0 spiro atoms. The highest BCUT2D eigenvalue weighted by atomic mass is 35.5. The van der Waals surface area contributed by atoms with Gasteiger partial charge in [-0.2, -0.15) is 0 Å². The van der Waals surface area contributed by atoms with Crippen LogP contribution in [0.5, 0.6) is 5.75 Å². The van der Waals surface area contributed by atoms with E-state index in [0.717, 1.165) is 25.4 Å². The van der Waals surface area contributed by atoms with Crippen LogP contribution in [0.25, 0.3) is 0 Å². The maximum Gasteiger partial charge on any atom is 0.121 e. The Morgan fingerprint density at radius 1 is 1.28 bits per heavy atom. The second-order valence-corrected chi connectivity index (χ2v) is 4.94. The lowest BCUT2D eigenvalue weighted by atomic mass is 10.3. The Morgan fingerprint density at radius 2 is 2.06 bits per heavy atom. The van der Waals surface area contributed by atoms with Crippen LogP contribution in [0.2, 0.25) is 5.02 Å². The number of likely N-dealkylation sites (N-methyl/N-ethyl adjacent to an activating group) is 1. The molecule has 0 aliphatic heterocycles. The molecule has 0 fully saturated rings. The van der Waals surface area contributed by atoms with Gasteiger partial charge < -0.3 is 15.4 Å². The highest BCUT2D eigenvalue weighted by molar-refractivity contribution is 6.30. The summed E-state index contributed by atoms with van der Waals surface area (Å²) >= 11 is 5.91. The maximum absolute atomic E-state index is 5.91. The van der Waals surface area contributed by atoms with Gasteiger partial charge in [-0.05, 0) is 38.6 Å². The van der Waals surface area contributed by atoms with Crippen LogP contribution in [0.3, 0.4) is 0 Å². The first-order valence-corrected chi connectivity index (χ1v) is 6.86. The molecular formula is C14H23ClN2O. The Kier molecular flexibility index (Phi) is 7.09. The average molecular weight is 271 g/mol. The summed E-state index contributed by atoms with van der Waals surface area (Å²) < 4.78 is 5.78. The molecule has 2 atom stereocenters. The molecule has 0 amide bonds. The van der Waals surface area contributed by atoms with Crippen molar-refractivity contribution in [2.24, 2.45) is 0 Å². The van der Waals surface area contributed by atoms with Crippen molar-refractivity contribution >= 4 is 11.6 Å². The quantitative estimate of drug-likeness (QED) is 0.762. The molecular weight excluding hydrogens is 248 g/mol. The minimum Gasteiger partial charge on any atom is -0.489 e. The summed E-state index contributed by atoms with van der Waals surface area (Å²) in [6.45, 7) is 9.11. The van der Waals surface area contributed by atoms with Crippen LogP contribution in [0.15, 0.2) is 24.3 Å². The van der Waals surface area contributed by atoms with Crippen molar-refractivity contribution in [2.75, 3.05) is 19.6 Å². The molecule has 3 nitrogen and oxygen atoms in total. The van der Waals surface area contributed by atoms with Gasteiger partial charge in [0.1, 0.15) is 11.9 Å². The largest absolute Gasteiger partial charge is 0.489 e. The molecule has 0 aromatic heterocycles. The van der Waals surface area contributed by atoms with Gasteiger partial charge in [0.05, 0.1) is 0 Å². The van der Waals surface area contributed by atoms with E-state index < -0.39 is 0 Å². The third-order valence-electron chi connectivity index (χ3n) is 2.59. The van der Waals surface area contributed by atoms with Crippen LogP contribution >= 0.6 is 11.6 Å². The number of nitrogens with one attached hydrogen (secondary N) is 2. The molecule has 0 heterocycles. The molecule has 1 aromatic carbocycles. The van der Waals surface area contributed by atoms with Gasteiger partial charge in [0.15, 0.2) is 0 Å². The molecule has 0 bridgehead atoms. The molecule has 1 aromatic rings. The van der Waals surface area contributed by atoms with Crippen LogP contribution in [-0.2, 0) is 0 Å². The van der Waals surface area contributed by atoms with Crippen LogP contribution in [0, 0.1) is 0 Å². The highest BCUT2D eigenvalue weighted by Gasteiger charge is 2.06. The van der Waals surface area contributed by atoms with Crippen molar-refractivity contribution < 1.29 is 4.74 Å². The van der Waals surface area contributed by atoms with E-state index in [1.54, 1.807) is 0 Å². The van der Waals surface area contributed by atoms with Gasteiger partial charge in [-0.25, -0.2) is 0 Å². The van der Waals surface area contributed by atoms with Crippen LogP contribution < -0.4 is 15.4 Å². The van der Waals surface area contributed by atoms with Gasteiger partial charge in [-0.3, -0.25) is 0 Å². The first kappa shape index (κ1) is 15.3. The van der Waals surface area contributed by atoms with Gasteiger partial charge in [0.2, 0.25) is 0 Å². The fourth-order valence-corrected chi connectivity index (χ4v) is 1.79. The summed E-state index contributed by atoms with van der Waals surface area (Å²) in [6, 6.07) is 7.93.